The van der Waals surface area contributed by atoms with Gasteiger partial charge in [-0.3, -0.25) is 0 Å². The molecule has 0 saturated heterocycles. The summed E-state index contributed by atoms with van der Waals surface area (Å²) < 4.78 is 0. The van der Waals surface area contributed by atoms with Crippen molar-refractivity contribution < 1.29 is 4.84 Å². The molecule has 0 aromatic carbocycles. The molecule has 4 heteroatoms. The molecule has 1 atom stereocenters. The summed E-state index contributed by atoms with van der Waals surface area (Å²) in [5.74, 6) is 1.80. The van der Waals surface area contributed by atoms with Crippen LogP contribution in [0.25, 0.3) is 0 Å². The molecule has 0 aromatic rings. The van der Waals surface area contributed by atoms with Gasteiger partial charge in [0.05, 0.1) is 10.9 Å². The normalized spacial score (nSPS) is 26.3. The predicted octanol–water partition coefficient (Wildman–Crippen LogP) is 2.82. The van der Waals surface area contributed by atoms with Crippen LogP contribution in [0.2, 0.25) is 0 Å². The number of nitrogens with zero attached hydrogens (tertiary/aromatic N) is 2. The summed E-state index contributed by atoms with van der Waals surface area (Å²) in [6.07, 6.45) is 0. The van der Waals surface area contributed by atoms with Crippen molar-refractivity contribution in [3.63, 3.8) is 0 Å². The van der Waals surface area contributed by atoms with Crippen molar-refractivity contribution >= 4 is 21.7 Å². The third-order valence-corrected chi connectivity index (χ3v) is 5.49. The van der Waals surface area contributed by atoms with Crippen LogP contribution in [0.5, 0.6) is 0 Å². The van der Waals surface area contributed by atoms with Gasteiger partial charge in [0.1, 0.15) is 18.1 Å². The predicted molar refractivity (Wildman–Crippen MR) is 73.3 cm³/mol. The van der Waals surface area contributed by atoms with E-state index in [1.807, 2.05) is 13.8 Å². The monoisotopic (exact) mass is 243 g/mol. The second-order valence-electron chi connectivity index (χ2n) is 4.91. The maximum Gasteiger partial charge on any atom is 0.303 e. The van der Waals surface area contributed by atoms with Crippen molar-refractivity contribution in [2.45, 2.75) is 46.4 Å². The molecule has 0 radical (unpaired) electrons. The Morgan fingerprint density at radius 1 is 1.44 bits per heavy atom. The number of hydrogen-bond acceptors (Lipinski definition) is 3. The molecule has 1 unspecified atom stereocenters. The molecule has 1 heterocycles. The fourth-order valence-corrected chi connectivity index (χ4v) is 4.27. The molecule has 0 fully saturated rings. The lowest BCUT2D eigenvalue weighted by Crippen LogP contribution is -2.35. The van der Waals surface area contributed by atoms with Gasteiger partial charge in [0.25, 0.3) is 0 Å². The molecule has 3 nitrogen and oxygen atoms in total. The fourth-order valence-electron chi connectivity index (χ4n) is 1.77. The Morgan fingerprint density at radius 3 is 2.56 bits per heavy atom. The lowest BCUT2D eigenvalue weighted by atomic mass is 10.3. The smallest absolute Gasteiger partial charge is 0.303 e. The maximum absolute atomic E-state index is 5.21. The highest BCUT2D eigenvalue weighted by atomic mass is 32.2. The minimum Gasteiger partial charge on any atom is -0.392 e. The topological polar surface area (TPSA) is 34.0 Å². The van der Waals surface area contributed by atoms with E-state index in [0.29, 0.717) is 12.5 Å². The zero-order valence-corrected chi connectivity index (χ0v) is 12.0. The van der Waals surface area contributed by atoms with Crippen LogP contribution in [0.4, 0.5) is 0 Å². The maximum atomic E-state index is 5.21. The van der Waals surface area contributed by atoms with Gasteiger partial charge in [0, 0.05) is 13.8 Å². The molecule has 0 N–H and O–H groups in total. The average Bonchev–Trinajstić information content (AvgIpc) is 2.34. The van der Waals surface area contributed by atoms with Gasteiger partial charge in [-0.25, -0.2) is 4.99 Å². The number of aliphatic imine (C=N–C) groups is 1. The summed E-state index contributed by atoms with van der Waals surface area (Å²) in [5, 5.41) is 5.32. The highest BCUT2D eigenvalue weighted by Crippen LogP contribution is 2.31. The Labute approximate surface area is 102 Å². The van der Waals surface area contributed by atoms with Crippen LogP contribution < -0.4 is 0 Å². The lowest BCUT2D eigenvalue weighted by Gasteiger charge is -2.16. The van der Waals surface area contributed by atoms with Crippen molar-refractivity contribution in [3.05, 3.63) is 0 Å². The van der Waals surface area contributed by atoms with E-state index < -0.39 is 0 Å². The Balaban J connectivity index is 2.92. The first-order valence-corrected chi connectivity index (χ1v) is 7.25. The summed E-state index contributed by atoms with van der Waals surface area (Å²) in [6.45, 7) is 13.5. The van der Waals surface area contributed by atoms with Gasteiger partial charge in [-0.1, -0.05) is 13.8 Å². The molecular weight excluding hydrogens is 220 g/mol. The summed E-state index contributed by atoms with van der Waals surface area (Å²) in [6, 6.07) is 0. The SMILES string of the molecule is CCON=C1C(C)=NC(C)(C)[S+]1CC(C)C. The number of oxime groups is 1. The van der Waals surface area contributed by atoms with Crippen molar-refractivity contribution in [1.29, 1.82) is 0 Å². The Morgan fingerprint density at radius 2 is 2.06 bits per heavy atom. The summed E-state index contributed by atoms with van der Waals surface area (Å²) >= 11 is 0. The van der Waals surface area contributed by atoms with Crippen molar-refractivity contribution in [3.8, 4) is 0 Å². The molecule has 1 aliphatic rings. The van der Waals surface area contributed by atoms with E-state index in [9.17, 15) is 0 Å². The molecule has 0 amide bonds. The molecule has 0 aliphatic carbocycles. The van der Waals surface area contributed by atoms with E-state index >= 15 is 0 Å². The van der Waals surface area contributed by atoms with Crippen LogP contribution in [0.15, 0.2) is 10.1 Å². The van der Waals surface area contributed by atoms with Gasteiger partial charge in [-0.15, -0.1) is 0 Å². The van der Waals surface area contributed by atoms with E-state index in [0.717, 1.165) is 16.5 Å². The Hall–Kier alpha value is -0.510. The largest absolute Gasteiger partial charge is 0.392 e. The van der Waals surface area contributed by atoms with Gasteiger partial charge >= 0.3 is 5.04 Å². The van der Waals surface area contributed by atoms with Gasteiger partial charge < -0.3 is 4.84 Å². The standard InChI is InChI=1S/C12H23N2OS/c1-7-15-14-11-10(4)13-12(5,6)16(11)8-9(2)3/h9H,7-8H2,1-6H3/q+1. The number of hydrogen-bond donors (Lipinski definition) is 0. The first-order valence-electron chi connectivity index (χ1n) is 5.86. The second kappa shape index (κ2) is 5.21. The third kappa shape index (κ3) is 3.00. The zero-order valence-electron chi connectivity index (χ0n) is 11.2. The van der Waals surface area contributed by atoms with Crippen LogP contribution in [0, 0.1) is 5.92 Å². The van der Waals surface area contributed by atoms with E-state index in [2.05, 4.69) is 32.9 Å². The Bertz CT molecular complexity index is 308. The van der Waals surface area contributed by atoms with Gasteiger partial charge in [-0.2, -0.15) is 0 Å². The minimum absolute atomic E-state index is 0.00963. The van der Waals surface area contributed by atoms with Gasteiger partial charge in [-0.05, 0) is 24.9 Å². The average molecular weight is 243 g/mol. The van der Waals surface area contributed by atoms with Gasteiger partial charge in [0.15, 0.2) is 0 Å². The first-order chi connectivity index (χ1) is 7.38. The van der Waals surface area contributed by atoms with E-state index in [1.54, 1.807) is 0 Å². The van der Waals surface area contributed by atoms with Crippen LogP contribution in [-0.4, -0.2) is 28.0 Å². The quantitative estimate of drug-likeness (QED) is 0.552. The number of rotatable bonds is 4. The molecule has 16 heavy (non-hydrogen) atoms. The van der Waals surface area contributed by atoms with Crippen LogP contribution >= 0.6 is 0 Å². The summed E-state index contributed by atoms with van der Waals surface area (Å²) in [4.78, 5) is 9.91. The Kier molecular flexibility index (Phi) is 4.42. The van der Waals surface area contributed by atoms with E-state index in [-0.39, 0.29) is 15.8 Å². The highest BCUT2D eigenvalue weighted by Gasteiger charge is 2.50. The zero-order chi connectivity index (χ0) is 12.3. The lowest BCUT2D eigenvalue weighted by molar-refractivity contribution is 0.160. The third-order valence-electron chi connectivity index (χ3n) is 2.36. The van der Waals surface area contributed by atoms with E-state index in [4.69, 9.17) is 9.83 Å². The van der Waals surface area contributed by atoms with Crippen LogP contribution in [0.1, 0.15) is 41.5 Å². The second-order valence-corrected chi connectivity index (χ2v) is 7.41. The first kappa shape index (κ1) is 13.6. The summed E-state index contributed by atoms with van der Waals surface area (Å²) in [5.41, 5.74) is 1.04. The van der Waals surface area contributed by atoms with E-state index in [1.165, 1.54) is 0 Å². The molecule has 0 bridgehead atoms. The molecule has 1 aliphatic heterocycles. The summed E-state index contributed by atoms with van der Waals surface area (Å²) in [7, 11) is 0.0842. The molecule has 0 aromatic heterocycles. The molecular formula is C12H23N2OS+. The molecule has 0 saturated carbocycles. The van der Waals surface area contributed by atoms with Crippen LogP contribution in [-0.2, 0) is 15.7 Å². The minimum atomic E-state index is -0.00963. The van der Waals surface area contributed by atoms with Crippen molar-refractivity contribution in [1.82, 2.24) is 0 Å². The van der Waals surface area contributed by atoms with Crippen molar-refractivity contribution in [2.24, 2.45) is 16.1 Å². The molecule has 0 spiro atoms. The van der Waals surface area contributed by atoms with Gasteiger partial charge in [0.2, 0.25) is 4.87 Å². The molecule has 1 rings (SSSR count). The highest BCUT2D eigenvalue weighted by molar-refractivity contribution is 8.14. The molecule has 92 valence electrons. The fraction of sp³-hybridized carbons (Fsp3) is 0.833. The van der Waals surface area contributed by atoms with Crippen LogP contribution in [0.3, 0.4) is 0 Å². The van der Waals surface area contributed by atoms with Crippen molar-refractivity contribution in [2.75, 3.05) is 12.4 Å².